The SMILES string of the molecule is COc1cc(C(=O)O/N=C2/CCCc3c2ccc(OC)c3[N+](=O)[O-])cc(OC)c1OC. The Kier molecular flexibility index (Phi) is 6.58. The highest BCUT2D eigenvalue weighted by atomic mass is 16.7. The maximum atomic E-state index is 12.6. The van der Waals surface area contributed by atoms with Crippen LogP contribution in [0.25, 0.3) is 0 Å². The molecule has 3 rings (SSSR count). The molecule has 0 N–H and O–H groups in total. The number of ether oxygens (including phenoxy) is 4. The Morgan fingerprint density at radius 2 is 1.61 bits per heavy atom. The Balaban J connectivity index is 1.93. The minimum Gasteiger partial charge on any atom is -0.493 e. The van der Waals surface area contributed by atoms with E-state index in [1.807, 2.05) is 0 Å². The summed E-state index contributed by atoms with van der Waals surface area (Å²) in [6.07, 6.45) is 1.64. The molecule has 0 amide bonds. The van der Waals surface area contributed by atoms with Gasteiger partial charge in [-0.1, -0.05) is 5.16 Å². The van der Waals surface area contributed by atoms with Crippen LogP contribution < -0.4 is 18.9 Å². The molecule has 10 heteroatoms. The topological polar surface area (TPSA) is 119 Å². The lowest BCUT2D eigenvalue weighted by Gasteiger charge is -2.18. The largest absolute Gasteiger partial charge is 0.493 e. The third kappa shape index (κ3) is 4.23. The Hall–Kier alpha value is -3.82. The number of carbonyl (C=O) groups is 1. The number of hydrogen-bond donors (Lipinski definition) is 0. The molecule has 0 aliphatic heterocycles. The smallest absolute Gasteiger partial charge is 0.366 e. The molecule has 0 saturated carbocycles. The van der Waals surface area contributed by atoms with Crippen LogP contribution in [-0.2, 0) is 11.3 Å². The fraction of sp³-hybridized carbons (Fsp3) is 0.333. The molecule has 10 nitrogen and oxygen atoms in total. The standard InChI is InChI=1S/C21H22N2O8/c1-27-16-9-8-13-14(19(16)23(25)26)6-5-7-15(13)22-31-21(24)12-10-17(28-2)20(30-4)18(11-12)29-3/h8-11H,5-7H2,1-4H3/b22-15-. The van der Waals surface area contributed by atoms with Gasteiger partial charge in [0.25, 0.3) is 0 Å². The van der Waals surface area contributed by atoms with Crippen molar-refractivity contribution < 1.29 is 33.5 Å². The van der Waals surface area contributed by atoms with Crippen LogP contribution in [0.2, 0.25) is 0 Å². The zero-order valence-electron chi connectivity index (χ0n) is 17.6. The molecule has 0 bridgehead atoms. The van der Waals surface area contributed by atoms with Crippen LogP contribution in [0.5, 0.6) is 23.0 Å². The van der Waals surface area contributed by atoms with Gasteiger partial charge in [0.05, 0.1) is 44.6 Å². The van der Waals surface area contributed by atoms with E-state index < -0.39 is 10.9 Å². The third-order valence-corrected chi connectivity index (χ3v) is 4.94. The van der Waals surface area contributed by atoms with Gasteiger partial charge in [0, 0.05) is 11.1 Å². The minimum absolute atomic E-state index is 0.0941. The van der Waals surface area contributed by atoms with E-state index >= 15 is 0 Å². The summed E-state index contributed by atoms with van der Waals surface area (Å²) < 4.78 is 20.9. The number of methoxy groups -OCH3 is 4. The molecule has 0 heterocycles. The Morgan fingerprint density at radius 1 is 0.968 bits per heavy atom. The van der Waals surface area contributed by atoms with Crippen molar-refractivity contribution in [3.8, 4) is 23.0 Å². The van der Waals surface area contributed by atoms with Crippen molar-refractivity contribution in [2.45, 2.75) is 19.3 Å². The van der Waals surface area contributed by atoms with Gasteiger partial charge in [-0.15, -0.1) is 0 Å². The summed E-state index contributed by atoms with van der Waals surface area (Å²) in [4.78, 5) is 28.8. The molecule has 0 spiro atoms. The summed E-state index contributed by atoms with van der Waals surface area (Å²) in [5.74, 6) is 0.385. The van der Waals surface area contributed by atoms with Crippen molar-refractivity contribution in [1.29, 1.82) is 0 Å². The van der Waals surface area contributed by atoms with Crippen molar-refractivity contribution in [2.75, 3.05) is 28.4 Å². The third-order valence-electron chi connectivity index (χ3n) is 4.94. The van der Waals surface area contributed by atoms with E-state index in [0.717, 1.165) is 0 Å². The number of fused-ring (bicyclic) bond motifs is 1. The lowest BCUT2D eigenvalue weighted by Crippen LogP contribution is -2.16. The first kappa shape index (κ1) is 21.9. The van der Waals surface area contributed by atoms with Gasteiger partial charge >= 0.3 is 11.7 Å². The van der Waals surface area contributed by atoms with Crippen LogP contribution in [0.15, 0.2) is 29.4 Å². The van der Waals surface area contributed by atoms with E-state index in [4.69, 9.17) is 23.8 Å². The fourth-order valence-corrected chi connectivity index (χ4v) is 3.51. The molecule has 0 radical (unpaired) electrons. The molecule has 31 heavy (non-hydrogen) atoms. The van der Waals surface area contributed by atoms with Crippen LogP contribution in [-0.4, -0.2) is 45.0 Å². The Bertz CT molecular complexity index is 1020. The number of carbonyl (C=O) groups excluding carboxylic acids is 1. The van der Waals surface area contributed by atoms with E-state index in [2.05, 4.69) is 5.16 Å². The van der Waals surface area contributed by atoms with E-state index in [1.165, 1.54) is 46.6 Å². The first-order valence-corrected chi connectivity index (χ1v) is 9.38. The maximum Gasteiger partial charge on any atom is 0.366 e. The predicted molar refractivity (Wildman–Crippen MR) is 111 cm³/mol. The lowest BCUT2D eigenvalue weighted by molar-refractivity contribution is -0.386. The highest BCUT2D eigenvalue weighted by molar-refractivity contribution is 6.04. The molecule has 164 valence electrons. The fourth-order valence-electron chi connectivity index (χ4n) is 3.51. The zero-order chi connectivity index (χ0) is 22.5. The van der Waals surface area contributed by atoms with Crippen LogP contribution in [0, 0.1) is 10.1 Å². The highest BCUT2D eigenvalue weighted by Crippen LogP contribution is 2.39. The van der Waals surface area contributed by atoms with Gasteiger partial charge in [0.2, 0.25) is 5.75 Å². The summed E-state index contributed by atoms with van der Waals surface area (Å²) in [5, 5.41) is 15.6. The second-order valence-corrected chi connectivity index (χ2v) is 6.58. The number of nitro benzene ring substituents is 1. The van der Waals surface area contributed by atoms with Crippen LogP contribution in [0.1, 0.15) is 34.3 Å². The molecular weight excluding hydrogens is 408 g/mol. The van der Waals surface area contributed by atoms with Crippen LogP contribution in [0.4, 0.5) is 5.69 Å². The Labute approximate surface area is 178 Å². The van der Waals surface area contributed by atoms with Crippen molar-refractivity contribution >= 4 is 17.4 Å². The van der Waals surface area contributed by atoms with Crippen molar-refractivity contribution in [1.82, 2.24) is 0 Å². The molecule has 0 saturated heterocycles. The first-order chi connectivity index (χ1) is 14.9. The zero-order valence-corrected chi connectivity index (χ0v) is 17.6. The average Bonchev–Trinajstić information content (AvgIpc) is 2.80. The summed E-state index contributed by atoms with van der Waals surface area (Å²) in [5.41, 5.74) is 1.58. The van der Waals surface area contributed by atoms with Crippen LogP contribution in [0.3, 0.4) is 0 Å². The van der Waals surface area contributed by atoms with Gasteiger partial charge in [0.15, 0.2) is 17.2 Å². The van der Waals surface area contributed by atoms with Gasteiger partial charge in [-0.3, -0.25) is 10.1 Å². The normalized spacial score (nSPS) is 13.9. The first-order valence-electron chi connectivity index (χ1n) is 9.38. The van der Waals surface area contributed by atoms with Gasteiger partial charge in [-0.25, -0.2) is 4.79 Å². The van der Waals surface area contributed by atoms with Crippen molar-refractivity contribution in [3.63, 3.8) is 0 Å². The number of benzene rings is 2. The van der Waals surface area contributed by atoms with Gasteiger partial charge in [-0.2, -0.15) is 0 Å². The lowest BCUT2D eigenvalue weighted by atomic mass is 9.88. The van der Waals surface area contributed by atoms with E-state index in [-0.39, 0.29) is 17.0 Å². The van der Waals surface area contributed by atoms with E-state index in [9.17, 15) is 14.9 Å². The second kappa shape index (κ2) is 9.33. The molecule has 1 aliphatic rings. The molecule has 2 aromatic rings. The molecule has 0 unspecified atom stereocenters. The molecule has 0 aromatic heterocycles. The highest BCUT2D eigenvalue weighted by Gasteiger charge is 2.29. The number of nitrogens with zero attached hydrogens (tertiary/aromatic N) is 2. The number of hydrogen-bond acceptors (Lipinski definition) is 9. The van der Waals surface area contributed by atoms with Gasteiger partial charge < -0.3 is 23.8 Å². The minimum atomic E-state index is -0.734. The second-order valence-electron chi connectivity index (χ2n) is 6.58. The maximum absolute atomic E-state index is 12.6. The van der Waals surface area contributed by atoms with Crippen molar-refractivity contribution in [2.24, 2.45) is 5.16 Å². The number of nitro groups is 1. The molecule has 1 aliphatic carbocycles. The molecule has 0 atom stereocenters. The summed E-state index contributed by atoms with van der Waals surface area (Å²) in [6, 6.07) is 6.11. The number of oxime groups is 1. The molecule has 2 aromatic carbocycles. The van der Waals surface area contributed by atoms with Crippen molar-refractivity contribution in [3.05, 3.63) is 51.1 Å². The molecular formula is C21H22N2O8. The van der Waals surface area contributed by atoms with Crippen LogP contribution >= 0.6 is 0 Å². The predicted octanol–water partition coefficient (Wildman–Crippen LogP) is 3.53. The molecule has 0 fully saturated rings. The monoisotopic (exact) mass is 430 g/mol. The van der Waals surface area contributed by atoms with E-state index in [0.29, 0.717) is 53.3 Å². The van der Waals surface area contributed by atoms with Gasteiger partial charge in [0.1, 0.15) is 0 Å². The Morgan fingerprint density at radius 3 is 2.16 bits per heavy atom. The summed E-state index contributed by atoms with van der Waals surface area (Å²) >= 11 is 0. The average molecular weight is 430 g/mol. The van der Waals surface area contributed by atoms with E-state index in [1.54, 1.807) is 6.07 Å². The quantitative estimate of drug-likeness (QED) is 0.372. The van der Waals surface area contributed by atoms with Gasteiger partial charge in [-0.05, 0) is 43.5 Å². The summed E-state index contributed by atoms with van der Waals surface area (Å²) in [6.45, 7) is 0. The number of rotatable bonds is 7. The summed E-state index contributed by atoms with van der Waals surface area (Å²) in [7, 11) is 5.71.